The first-order valence-electron chi connectivity index (χ1n) is 5.31. The van der Waals surface area contributed by atoms with Crippen molar-refractivity contribution in [2.75, 3.05) is 0 Å². The number of carbonyl (C=O) groups is 2. The molecular formula is C11H23N3O2. The fourth-order valence-electron chi connectivity index (χ4n) is 2.26. The minimum Gasteiger partial charge on any atom is -0.370 e. The molecule has 0 aliphatic heterocycles. The van der Waals surface area contributed by atoms with Gasteiger partial charge < -0.3 is 17.2 Å². The van der Waals surface area contributed by atoms with Gasteiger partial charge in [-0.2, -0.15) is 0 Å². The predicted octanol–water partition coefficient (Wildman–Crippen LogP) is 0.117. The Kier molecular flexibility index (Phi) is 4.49. The van der Waals surface area contributed by atoms with Gasteiger partial charge in [-0.3, -0.25) is 9.59 Å². The van der Waals surface area contributed by atoms with E-state index in [1.807, 2.05) is 27.7 Å². The van der Waals surface area contributed by atoms with Crippen LogP contribution in [0.5, 0.6) is 0 Å². The highest BCUT2D eigenvalue weighted by Gasteiger charge is 2.36. The van der Waals surface area contributed by atoms with Crippen molar-refractivity contribution in [3.63, 3.8) is 0 Å². The van der Waals surface area contributed by atoms with Crippen LogP contribution < -0.4 is 17.2 Å². The van der Waals surface area contributed by atoms with Crippen molar-refractivity contribution >= 4 is 11.8 Å². The van der Waals surface area contributed by atoms with E-state index in [4.69, 9.17) is 17.2 Å². The molecule has 0 rings (SSSR count). The Morgan fingerprint density at radius 3 is 1.88 bits per heavy atom. The summed E-state index contributed by atoms with van der Waals surface area (Å²) < 4.78 is 0. The van der Waals surface area contributed by atoms with Crippen LogP contribution in [0.4, 0.5) is 0 Å². The van der Waals surface area contributed by atoms with Crippen LogP contribution in [0.3, 0.4) is 0 Å². The largest absolute Gasteiger partial charge is 0.370 e. The maximum absolute atomic E-state index is 11.1. The summed E-state index contributed by atoms with van der Waals surface area (Å²) in [6.45, 7) is 7.58. The second-order valence-electron chi connectivity index (χ2n) is 5.85. The van der Waals surface area contributed by atoms with Crippen molar-refractivity contribution in [3.05, 3.63) is 0 Å². The van der Waals surface area contributed by atoms with Crippen LogP contribution in [0.2, 0.25) is 0 Å². The maximum atomic E-state index is 11.1. The Balaban J connectivity index is 4.68. The molecule has 0 aromatic heterocycles. The first-order valence-corrected chi connectivity index (χ1v) is 5.31. The van der Waals surface area contributed by atoms with Gasteiger partial charge in [0.25, 0.3) is 0 Å². The molecule has 0 aromatic rings. The Bertz CT molecular complexity index is 285. The van der Waals surface area contributed by atoms with E-state index in [9.17, 15) is 9.59 Å². The van der Waals surface area contributed by atoms with Gasteiger partial charge in [0.15, 0.2) is 0 Å². The molecule has 1 unspecified atom stereocenters. The van der Waals surface area contributed by atoms with Crippen molar-refractivity contribution in [1.29, 1.82) is 0 Å². The monoisotopic (exact) mass is 229 g/mol. The van der Waals surface area contributed by atoms with E-state index in [1.54, 1.807) is 0 Å². The number of amides is 2. The average molecular weight is 229 g/mol. The van der Waals surface area contributed by atoms with Gasteiger partial charge in [-0.15, -0.1) is 0 Å². The summed E-state index contributed by atoms with van der Waals surface area (Å²) in [7, 11) is 0. The fourth-order valence-corrected chi connectivity index (χ4v) is 2.26. The Hall–Kier alpha value is -1.10. The molecule has 2 amide bonds. The Morgan fingerprint density at radius 2 is 1.56 bits per heavy atom. The summed E-state index contributed by atoms with van der Waals surface area (Å²) >= 11 is 0. The topological polar surface area (TPSA) is 112 Å². The second kappa shape index (κ2) is 4.82. The lowest BCUT2D eigenvalue weighted by Gasteiger charge is -2.37. The molecule has 94 valence electrons. The van der Waals surface area contributed by atoms with Crippen LogP contribution in [0, 0.1) is 10.8 Å². The molecular weight excluding hydrogens is 206 g/mol. The third kappa shape index (κ3) is 4.61. The van der Waals surface area contributed by atoms with Crippen molar-refractivity contribution < 1.29 is 9.59 Å². The minimum absolute atomic E-state index is 0.266. The smallest absolute Gasteiger partial charge is 0.234 e. The van der Waals surface area contributed by atoms with Gasteiger partial charge in [-0.25, -0.2) is 0 Å². The van der Waals surface area contributed by atoms with Crippen molar-refractivity contribution in [2.45, 2.75) is 46.6 Å². The molecule has 0 saturated carbocycles. The molecule has 0 aromatic carbocycles. The van der Waals surface area contributed by atoms with Gasteiger partial charge in [0.1, 0.15) is 0 Å². The minimum atomic E-state index is -0.723. The second-order valence-corrected chi connectivity index (χ2v) is 5.85. The summed E-state index contributed by atoms with van der Waals surface area (Å²) in [6.07, 6.45) is 0.870. The number of carbonyl (C=O) groups excluding carboxylic acids is 2. The van der Waals surface area contributed by atoms with Crippen LogP contribution in [-0.4, -0.2) is 17.9 Å². The Morgan fingerprint density at radius 1 is 1.12 bits per heavy atom. The number of nitrogens with two attached hydrogens (primary N) is 3. The van der Waals surface area contributed by atoms with Crippen LogP contribution >= 0.6 is 0 Å². The maximum Gasteiger partial charge on any atom is 0.234 e. The molecule has 5 nitrogen and oxygen atoms in total. The zero-order valence-electron chi connectivity index (χ0n) is 10.5. The molecule has 16 heavy (non-hydrogen) atoms. The number of primary amides is 2. The highest BCUT2D eigenvalue weighted by Crippen LogP contribution is 2.37. The third-order valence-electron chi connectivity index (χ3n) is 2.74. The summed E-state index contributed by atoms with van der Waals surface area (Å²) in [5.74, 6) is -0.881. The number of hydrogen-bond acceptors (Lipinski definition) is 3. The normalized spacial score (nSPS) is 14.6. The molecule has 0 saturated heterocycles. The predicted molar refractivity (Wildman–Crippen MR) is 63.2 cm³/mol. The van der Waals surface area contributed by atoms with Crippen LogP contribution in [0.1, 0.15) is 40.5 Å². The molecule has 5 heteroatoms. The van der Waals surface area contributed by atoms with E-state index in [0.29, 0.717) is 6.42 Å². The number of rotatable bonds is 6. The molecule has 0 heterocycles. The first-order chi connectivity index (χ1) is 6.98. The van der Waals surface area contributed by atoms with Crippen molar-refractivity contribution in [1.82, 2.24) is 0 Å². The van der Waals surface area contributed by atoms with E-state index < -0.39 is 17.4 Å². The zero-order chi connectivity index (χ0) is 13.1. The molecule has 0 radical (unpaired) electrons. The molecule has 0 spiro atoms. The van der Waals surface area contributed by atoms with E-state index in [0.717, 1.165) is 0 Å². The van der Waals surface area contributed by atoms with Crippen LogP contribution in [0.15, 0.2) is 0 Å². The van der Waals surface area contributed by atoms with Gasteiger partial charge in [0.05, 0.1) is 6.04 Å². The Labute approximate surface area is 96.7 Å². The van der Waals surface area contributed by atoms with Gasteiger partial charge in [-0.1, -0.05) is 27.7 Å². The summed E-state index contributed by atoms with van der Waals surface area (Å²) in [5, 5.41) is 0. The van der Waals surface area contributed by atoms with Crippen LogP contribution in [-0.2, 0) is 9.59 Å². The highest BCUT2D eigenvalue weighted by molar-refractivity contribution is 5.80. The molecule has 0 fully saturated rings. The highest BCUT2D eigenvalue weighted by atomic mass is 16.1. The van der Waals surface area contributed by atoms with Gasteiger partial charge in [0.2, 0.25) is 11.8 Å². The molecule has 6 N–H and O–H groups in total. The van der Waals surface area contributed by atoms with Gasteiger partial charge >= 0.3 is 0 Å². The molecule has 0 bridgehead atoms. The van der Waals surface area contributed by atoms with Crippen LogP contribution in [0.25, 0.3) is 0 Å². The fraction of sp³-hybridized carbons (Fsp3) is 0.818. The number of hydrogen-bond donors (Lipinski definition) is 3. The summed E-state index contributed by atoms with van der Waals surface area (Å²) in [6, 6.07) is -0.723. The van der Waals surface area contributed by atoms with Crippen molar-refractivity contribution in [2.24, 2.45) is 28.0 Å². The molecule has 0 aliphatic rings. The lowest BCUT2D eigenvalue weighted by atomic mass is 9.70. The van der Waals surface area contributed by atoms with E-state index in [1.165, 1.54) is 0 Å². The first kappa shape index (κ1) is 14.9. The van der Waals surface area contributed by atoms with E-state index in [-0.39, 0.29) is 17.7 Å². The summed E-state index contributed by atoms with van der Waals surface area (Å²) in [4.78, 5) is 22.0. The average Bonchev–Trinajstić information content (AvgIpc) is 1.97. The molecule has 0 aliphatic carbocycles. The SMILES string of the molecule is CC(C)(CC(N)=O)CC(C)(C)C(N)C(N)=O. The standard InChI is InChI=1S/C11H23N3O2/c1-10(2,5-7(12)15)6-11(3,4)8(13)9(14)16/h8H,5-6,13H2,1-4H3,(H2,12,15)(H2,14,16). The lowest BCUT2D eigenvalue weighted by molar-refractivity contribution is -0.122. The molecule has 1 atom stereocenters. The van der Waals surface area contributed by atoms with E-state index >= 15 is 0 Å². The third-order valence-corrected chi connectivity index (χ3v) is 2.74. The lowest BCUT2D eigenvalue weighted by Crippen LogP contribution is -2.49. The summed E-state index contributed by atoms with van der Waals surface area (Å²) in [5.41, 5.74) is 15.4. The van der Waals surface area contributed by atoms with Gasteiger partial charge in [0, 0.05) is 6.42 Å². The zero-order valence-corrected chi connectivity index (χ0v) is 10.5. The van der Waals surface area contributed by atoms with E-state index in [2.05, 4.69) is 0 Å². The van der Waals surface area contributed by atoms with Gasteiger partial charge in [-0.05, 0) is 17.3 Å². The van der Waals surface area contributed by atoms with Crippen molar-refractivity contribution in [3.8, 4) is 0 Å². The quantitative estimate of drug-likeness (QED) is 0.601.